The zero-order chi connectivity index (χ0) is 13.4. The SMILES string of the molecule is Cc1cc(O)c2[nH]c(-c3ccncc3)c(C#N)c2c1. The fraction of sp³-hybridized carbons (Fsp3) is 0.0667. The Balaban J connectivity index is 2.39. The molecule has 0 saturated heterocycles. The van der Waals surface area contributed by atoms with Crippen LogP contribution in [0.1, 0.15) is 11.1 Å². The number of aryl methyl sites for hydroxylation is 1. The third-order valence-electron chi connectivity index (χ3n) is 3.11. The van der Waals surface area contributed by atoms with Gasteiger partial charge in [0.15, 0.2) is 0 Å². The molecule has 2 heterocycles. The second-order valence-corrected chi connectivity index (χ2v) is 4.43. The van der Waals surface area contributed by atoms with Crippen LogP contribution >= 0.6 is 0 Å². The average molecular weight is 249 g/mol. The summed E-state index contributed by atoms with van der Waals surface area (Å²) in [5.41, 5.74) is 3.64. The van der Waals surface area contributed by atoms with Gasteiger partial charge < -0.3 is 10.1 Å². The van der Waals surface area contributed by atoms with Crippen molar-refractivity contribution in [1.82, 2.24) is 9.97 Å². The molecule has 0 saturated carbocycles. The lowest BCUT2D eigenvalue weighted by molar-refractivity contribution is 0.480. The zero-order valence-electron chi connectivity index (χ0n) is 10.3. The van der Waals surface area contributed by atoms with Crippen LogP contribution in [0.25, 0.3) is 22.2 Å². The summed E-state index contributed by atoms with van der Waals surface area (Å²) in [6, 6.07) is 9.44. The van der Waals surface area contributed by atoms with E-state index < -0.39 is 0 Å². The molecule has 92 valence electrons. The second-order valence-electron chi connectivity index (χ2n) is 4.43. The first-order valence-corrected chi connectivity index (χ1v) is 5.86. The minimum Gasteiger partial charge on any atom is -0.506 e. The van der Waals surface area contributed by atoms with E-state index in [2.05, 4.69) is 16.0 Å². The van der Waals surface area contributed by atoms with Crippen LogP contribution in [0.3, 0.4) is 0 Å². The van der Waals surface area contributed by atoms with Gasteiger partial charge in [-0.25, -0.2) is 0 Å². The number of nitriles is 1. The molecule has 0 fully saturated rings. The van der Waals surface area contributed by atoms with E-state index in [0.29, 0.717) is 16.8 Å². The molecule has 0 aliphatic carbocycles. The lowest BCUT2D eigenvalue weighted by atomic mass is 10.1. The van der Waals surface area contributed by atoms with Crippen LogP contribution in [-0.4, -0.2) is 15.1 Å². The van der Waals surface area contributed by atoms with Gasteiger partial charge in [0.05, 0.1) is 16.8 Å². The van der Waals surface area contributed by atoms with Crippen molar-refractivity contribution >= 4 is 10.9 Å². The Kier molecular flexibility index (Phi) is 2.46. The summed E-state index contributed by atoms with van der Waals surface area (Å²) >= 11 is 0. The number of hydrogen-bond donors (Lipinski definition) is 2. The molecule has 0 atom stereocenters. The lowest BCUT2D eigenvalue weighted by Gasteiger charge is -1.97. The summed E-state index contributed by atoms with van der Waals surface area (Å²) in [7, 11) is 0. The molecule has 3 aromatic rings. The highest BCUT2D eigenvalue weighted by atomic mass is 16.3. The van der Waals surface area contributed by atoms with E-state index in [-0.39, 0.29) is 5.75 Å². The standard InChI is InChI=1S/C15H11N3O/c1-9-6-11-12(8-16)14(10-2-4-17-5-3-10)18-15(11)13(19)7-9/h2-7,18-19H,1H3. The van der Waals surface area contributed by atoms with E-state index in [4.69, 9.17) is 0 Å². The first kappa shape index (κ1) is 11.3. The molecular weight excluding hydrogens is 238 g/mol. The number of fused-ring (bicyclic) bond motifs is 1. The molecule has 0 aliphatic rings. The van der Waals surface area contributed by atoms with Gasteiger partial charge in [0, 0.05) is 23.3 Å². The van der Waals surface area contributed by atoms with Crippen molar-refractivity contribution in [3.63, 3.8) is 0 Å². The quantitative estimate of drug-likeness (QED) is 0.696. The number of hydrogen-bond acceptors (Lipinski definition) is 3. The minimum atomic E-state index is 0.159. The van der Waals surface area contributed by atoms with Crippen molar-refractivity contribution in [2.24, 2.45) is 0 Å². The molecule has 0 unspecified atom stereocenters. The van der Waals surface area contributed by atoms with Gasteiger partial charge in [-0.2, -0.15) is 5.26 Å². The first-order valence-electron chi connectivity index (χ1n) is 5.86. The first-order chi connectivity index (χ1) is 9.20. The summed E-state index contributed by atoms with van der Waals surface area (Å²) < 4.78 is 0. The van der Waals surface area contributed by atoms with Gasteiger partial charge in [-0.1, -0.05) is 0 Å². The minimum absolute atomic E-state index is 0.159. The highest BCUT2D eigenvalue weighted by molar-refractivity contribution is 5.97. The van der Waals surface area contributed by atoms with E-state index >= 15 is 0 Å². The van der Waals surface area contributed by atoms with Crippen LogP contribution in [0.4, 0.5) is 0 Å². The van der Waals surface area contributed by atoms with Gasteiger partial charge in [0.2, 0.25) is 0 Å². The number of aromatic hydroxyl groups is 1. The largest absolute Gasteiger partial charge is 0.506 e. The predicted molar refractivity (Wildman–Crippen MR) is 72.6 cm³/mol. The molecule has 2 N–H and O–H groups in total. The van der Waals surface area contributed by atoms with Gasteiger partial charge in [-0.3, -0.25) is 4.98 Å². The van der Waals surface area contributed by atoms with E-state index in [0.717, 1.165) is 16.5 Å². The average Bonchev–Trinajstić information content (AvgIpc) is 2.78. The van der Waals surface area contributed by atoms with E-state index in [1.54, 1.807) is 18.5 Å². The number of aromatic nitrogens is 2. The van der Waals surface area contributed by atoms with Crippen molar-refractivity contribution < 1.29 is 5.11 Å². The summed E-state index contributed by atoms with van der Waals surface area (Å²) in [6.07, 6.45) is 3.35. The number of H-pyrrole nitrogens is 1. The Bertz CT molecular complexity index is 798. The molecule has 0 aliphatic heterocycles. The smallest absolute Gasteiger partial charge is 0.139 e. The van der Waals surface area contributed by atoms with Crippen LogP contribution in [0.5, 0.6) is 5.75 Å². The fourth-order valence-corrected chi connectivity index (χ4v) is 2.27. The van der Waals surface area contributed by atoms with Gasteiger partial charge >= 0.3 is 0 Å². The lowest BCUT2D eigenvalue weighted by Crippen LogP contribution is -1.81. The Morgan fingerprint density at radius 1 is 1.26 bits per heavy atom. The number of aromatic amines is 1. The Morgan fingerprint density at radius 2 is 2.00 bits per heavy atom. The van der Waals surface area contributed by atoms with E-state index in [1.807, 2.05) is 25.1 Å². The highest BCUT2D eigenvalue weighted by Crippen LogP contribution is 2.34. The maximum Gasteiger partial charge on any atom is 0.139 e. The molecule has 4 heteroatoms. The third-order valence-corrected chi connectivity index (χ3v) is 3.11. The Hall–Kier alpha value is -2.80. The van der Waals surface area contributed by atoms with Crippen molar-refractivity contribution in [2.45, 2.75) is 6.92 Å². The van der Waals surface area contributed by atoms with Crippen LogP contribution in [0.15, 0.2) is 36.7 Å². The number of benzene rings is 1. The Labute approximate surface area is 110 Å². The molecule has 0 amide bonds. The van der Waals surface area contributed by atoms with Gasteiger partial charge in [-0.15, -0.1) is 0 Å². The molecule has 3 rings (SSSR count). The molecule has 0 radical (unpaired) electrons. The van der Waals surface area contributed by atoms with Crippen molar-refractivity contribution in [3.05, 3.63) is 47.8 Å². The van der Waals surface area contributed by atoms with Crippen LogP contribution < -0.4 is 0 Å². The summed E-state index contributed by atoms with van der Waals surface area (Å²) in [4.78, 5) is 7.09. The van der Waals surface area contributed by atoms with Crippen molar-refractivity contribution in [3.8, 4) is 23.1 Å². The van der Waals surface area contributed by atoms with Crippen LogP contribution in [0.2, 0.25) is 0 Å². The van der Waals surface area contributed by atoms with Crippen molar-refractivity contribution in [2.75, 3.05) is 0 Å². The van der Waals surface area contributed by atoms with Crippen molar-refractivity contribution in [1.29, 1.82) is 5.26 Å². The van der Waals surface area contributed by atoms with E-state index in [1.165, 1.54) is 0 Å². The predicted octanol–water partition coefficient (Wildman–Crippen LogP) is 3.12. The molecule has 4 nitrogen and oxygen atoms in total. The molecule has 19 heavy (non-hydrogen) atoms. The van der Waals surface area contributed by atoms with Gasteiger partial charge in [0.25, 0.3) is 0 Å². The third kappa shape index (κ3) is 1.72. The number of nitrogens with zero attached hydrogens (tertiary/aromatic N) is 2. The molecular formula is C15H11N3O. The monoisotopic (exact) mass is 249 g/mol. The summed E-state index contributed by atoms with van der Waals surface area (Å²) in [5.74, 6) is 0.159. The normalized spacial score (nSPS) is 10.5. The zero-order valence-corrected chi connectivity index (χ0v) is 10.3. The van der Waals surface area contributed by atoms with E-state index in [9.17, 15) is 10.4 Å². The second kappa shape index (κ2) is 4.14. The number of phenolic OH excluding ortho intramolecular Hbond substituents is 1. The maximum atomic E-state index is 9.98. The van der Waals surface area contributed by atoms with Gasteiger partial charge in [-0.05, 0) is 36.8 Å². The summed E-state index contributed by atoms with van der Waals surface area (Å²) in [6.45, 7) is 1.89. The van der Waals surface area contributed by atoms with Crippen LogP contribution in [-0.2, 0) is 0 Å². The Morgan fingerprint density at radius 3 is 2.68 bits per heavy atom. The highest BCUT2D eigenvalue weighted by Gasteiger charge is 2.15. The molecule has 0 spiro atoms. The van der Waals surface area contributed by atoms with Crippen LogP contribution in [0, 0.1) is 18.3 Å². The maximum absolute atomic E-state index is 9.98. The number of phenols is 1. The van der Waals surface area contributed by atoms with Gasteiger partial charge in [0.1, 0.15) is 11.8 Å². The topological polar surface area (TPSA) is 72.7 Å². The number of pyridine rings is 1. The molecule has 1 aromatic carbocycles. The number of rotatable bonds is 1. The fourth-order valence-electron chi connectivity index (χ4n) is 2.27. The summed E-state index contributed by atoms with van der Waals surface area (Å²) in [5, 5.41) is 20.1. The molecule has 0 bridgehead atoms. The number of nitrogens with one attached hydrogen (secondary N) is 1. The molecule has 2 aromatic heterocycles.